The number of ether oxygens (including phenoxy) is 1. The van der Waals surface area contributed by atoms with Crippen LogP contribution in [-0.4, -0.2) is 27.9 Å². The molecule has 0 saturated heterocycles. The largest absolute Gasteiger partial charge is 0.449 e. The second kappa shape index (κ2) is 9.29. The second-order valence-electron chi connectivity index (χ2n) is 5.72. The van der Waals surface area contributed by atoms with Crippen LogP contribution < -0.4 is 5.32 Å². The second-order valence-corrected chi connectivity index (χ2v) is 7.43. The van der Waals surface area contributed by atoms with E-state index in [4.69, 9.17) is 4.74 Å². The van der Waals surface area contributed by atoms with E-state index in [1.54, 1.807) is 31.2 Å². The maximum Gasteiger partial charge on any atom is 0.340 e. The summed E-state index contributed by atoms with van der Waals surface area (Å²) in [5.74, 6) is -0.684. The third-order valence-corrected chi connectivity index (χ3v) is 5.27. The van der Waals surface area contributed by atoms with E-state index < -0.39 is 28.8 Å². The normalized spacial score (nSPS) is 12.9. The summed E-state index contributed by atoms with van der Waals surface area (Å²) in [4.78, 5) is 25.1. The van der Waals surface area contributed by atoms with E-state index in [9.17, 15) is 13.8 Å². The highest BCUT2D eigenvalue weighted by Crippen LogP contribution is 2.16. The first-order valence-corrected chi connectivity index (χ1v) is 9.86. The van der Waals surface area contributed by atoms with Gasteiger partial charge in [0.25, 0.3) is 5.91 Å². The Morgan fingerprint density at radius 2 is 1.73 bits per heavy atom. The molecule has 1 N–H and O–H groups in total. The number of carbonyl (C=O) groups is 2. The summed E-state index contributed by atoms with van der Waals surface area (Å²) in [6.07, 6.45) is -0.0580. The minimum atomic E-state index is -1.28. The summed E-state index contributed by atoms with van der Waals surface area (Å²) >= 11 is 0. The quantitative estimate of drug-likeness (QED) is 0.753. The molecule has 0 aliphatic rings. The lowest BCUT2D eigenvalue weighted by Crippen LogP contribution is -2.30. The predicted molar refractivity (Wildman–Crippen MR) is 103 cm³/mol. The lowest BCUT2D eigenvalue weighted by molar-refractivity contribution is -0.123. The molecule has 2 aromatic carbocycles. The molecule has 0 heterocycles. The first kappa shape index (κ1) is 19.8. The standard InChI is InChI=1S/C20H23NO4S/c1-4-15-10-12-16(13-11-15)21-19(22)14(3)25-20(23)17-8-6-7-9-18(17)26(24)5-2/h6-14H,4-5H2,1-3H3,(H,21,22)/t14-,26+/m0/s1. The number of nitrogens with one attached hydrogen (secondary N) is 1. The number of anilines is 1. The summed E-state index contributed by atoms with van der Waals surface area (Å²) in [6, 6.07) is 14.1. The Bertz CT molecular complexity index is 802. The van der Waals surface area contributed by atoms with Crippen molar-refractivity contribution in [3.63, 3.8) is 0 Å². The van der Waals surface area contributed by atoms with Gasteiger partial charge >= 0.3 is 5.97 Å². The van der Waals surface area contributed by atoms with Crippen molar-refractivity contribution in [3.8, 4) is 0 Å². The van der Waals surface area contributed by atoms with Crippen molar-refractivity contribution in [2.24, 2.45) is 0 Å². The number of hydrogen-bond acceptors (Lipinski definition) is 4. The van der Waals surface area contributed by atoms with E-state index in [2.05, 4.69) is 12.2 Å². The van der Waals surface area contributed by atoms with Gasteiger partial charge in [-0.25, -0.2) is 4.79 Å². The van der Waals surface area contributed by atoms with Crippen LogP contribution in [0.3, 0.4) is 0 Å². The first-order chi connectivity index (χ1) is 12.5. The monoisotopic (exact) mass is 373 g/mol. The van der Waals surface area contributed by atoms with E-state index >= 15 is 0 Å². The van der Waals surface area contributed by atoms with Crippen LogP contribution in [0, 0.1) is 0 Å². The molecule has 2 rings (SSSR count). The van der Waals surface area contributed by atoms with Gasteiger partial charge in [-0.3, -0.25) is 9.00 Å². The van der Waals surface area contributed by atoms with Crippen molar-refractivity contribution >= 4 is 28.4 Å². The van der Waals surface area contributed by atoms with Crippen LogP contribution in [0.5, 0.6) is 0 Å². The van der Waals surface area contributed by atoms with Gasteiger partial charge in [0.1, 0.15) is 0 Å². The van der Waals surface area contributed by atoms with E-state index in [0.29, 0.717) is 16.3 Å². The maximum atomic E-state index is 12.4. The van der Waals surface area contributed by atoms with Gasteiger partial charge in [-0.15, -0.1) is 0 Å². The molecule has 2 atom stereocenters. The van der Waals surface area contributed by atoms with Crippen LogP contribution >= 0.6 is 0 Å². The summed E-state index contributed by atoms with van der Waals surface area (Å²) in [5.41, 5.74) is 2.03. The van der Waals surface area contributed by atoms with Gasteiger partial charge in [-0.1, -0.05) is 38.1 Å². The van der Waals surface area contributed by atoms with Gasteiger partial charge in [-0.2, -0.15) is 0 Å². The molecule has 1 amide bonds. The van der Waals surface area contributed by atoms with Crippen molar-refractivity contribution in [2.45, 2.75) is 38.2 Å². The van der Waals surface area contributed by atoms with Crippen LogP contribution in [0.4, 0.5) is 5.69 Å². The van der Waals surface area contributed by atoms with Crippen molar-refractivity contribution in [1.82, 2.24) is 0 Å². The van der Waals surface area contributed by atoms with E-state index in [0.717, 1.165) is 6.42 Å². The molecule has 0 saturated carbocycles. The van der Waals surface area contributed by atoms with Gasteiger partial charge < -0.3 is 10.1 Å². The summed E-state index contributed by atoms with van der Waals surface area (Å²) in [7, 11) is -1.28. The van der Waals surface area contributed by atoms with E-state index in [-0.39, 0.29) is 5.56 Å². The Labute approximate surface area is 156 Å². The van der Waals surface area contributed by atoms with Gasteiger partial charge in [0.2, 0.25) is 0 Å². The number of carbonyl (C=O) groups excluding carboxylic acids is 2. The highest BCUT2D eigenvalue weighted by molar-refractivity contribution is 7.85. The molecule has 0 spiro atoms. The molecule has 6 heteroatoms. The number of hydrogen-bond donors (Lipinski definition) is 1. The lowest BCUT2D eigenvalue weighted by Gasteiger charge is -2.15. The molecule has 0 aliphatic heterocycles. The molecule has 0 aromatic heterocycles. The summed E-state index contributed by atoms with van der Waals surface area (Å²) in [5, 5.41) is 2.72. The molecule has 138 valence electrons. The fraction of sp³-hybridized carbons (Fsp3) is 0.300. The van der Waals surface area contributed by atoms with E-state index in [1.807, 2.05) is 24.3 Å². The van der Waals surface area contributed by atoms with Crippen molar-refractivity contribution in [3.05, 3.63) is 59.7 Å². The van der Waals surface area contributed by atoms with Crippen molar-refractivity contribution < 1.29 is 18.5 Å². The Morgan fingerprint density at radius 1 is 1.08 bits per heavy atom. The molecule has 0 fully saturated rings. The highest BCUT2D eigenvalue weighted by Gasteiger charge is 2.22. The lowest BCUT2D eigenvalue weighted by atomic mass is 10.1. The van der Waals surface area contributed by atoms with Crippen molar-refractivity contribution in [1.29, 1.82) is 0 Å². The Morgan fingerprint density at radius 3 is 2.35 bits per heavy atom. The third kappa shape index (κ3) is 5.02. The first-order valence-electron chi connectivity index (χ1n) is 8.54. The molecule has 0 radical (unpaired) electrons. The maximum absolute atomic E-state index is 12.4. The van der Waals surface area contributed by atoms with Crippen molar-refractivity contribution in [2.75, 3.05) is 11.1 Å². The van der Waals surface area contributed by atoms with Gasteiger partial charge in [0.15, 0.2) is 6.10 Å². The minimum absolute atomic E-state index is 0.222. The van der Waals surface area contributed by atoms with Gasteiger partial charge in [-0.05, 0) is 43.2 Å². The molecular weight excluding hydrogens is 350 g/mol. The number of amides is 1. The minimum Gasteiger partial charge on any atom is -0.449 e. The topological polar surface area (TPSA) is 72.5 Å². The van der Waals surface area contributed by atoms with Gasteiger partial charge in [0, 0.05) is 11.4 Å². The average molecular weight is 373 g/mol. The van der Waals surface area contributed by atoms with Crippen LogP contribution in [0.2, 0.25) is 0 Å². The number of rotatable bonds is 7. The fourth-order valence-electron chi connectivity index (χ4n) is 2.33. The summed E-state index contributed by atoms with van der Waals surface area (Å²) < 4.78 is 17.3. The molecule has 26 heavy (non-hydrogen) atoms. The molecule has 5 nitrogen and oxygen atoms in total. The Balaban J connectivity index is 2.04. The molecule has 0 bridgehead atoms. The molecule has 2 aromatic rings. The Kier molecular flexibility index (Phi) is 7.09. The van der Waals surface area contributed by atoms with Crippen LogP contribution in [0.15, 0.2) is 53.4 Å². The third-order valence-electron chi connectivity index (χ3n) is 3.90. The smallest absolute Gasteiger partial charge is 0.340 e. The molecular formula is C20H23NO4S. The number of aryl methyl sites for hydroxylation is 1. The zero-order valence-electron chi connectivity index (χ0n) is 15.2. The fourth-order valence-corrected chi connectivity index (χ4v) is 3.27. The molecule has 0 unspecified atom stereocenters. The van der Waals surface area contributed by atoms with Crippen LogP contribution in [-0.2, 0) is 26.8 Å². The SMILES string of the molecule is CCc1ccc(NC(=O)[C@H](C)OC(=O)c2ccccc2[S@](=O)CC)cc1. The highest BCUT2D eigenvalue weighted by atomic mass is 32.2. The average Bonchev–Trinajstić information content (AvgIpc) is 2.67. The number of benzene rings is 2. The Hall–Kier alpha value is -2.47. The number of esters is 1. The zero-order valence-corrected chi connectivity index (χ0v) is 16.0. The zero-order chi connectivity index (χ0) is 19.1. The van der Waals surface area contributed by atoms with Crippen LogP contribution in [0.1, 0.15) is 36.7 Å². The predicted octanol–water partition coefficient (Wildman–Crippen LogP) is 3.56. The van der Waals surface area contributed by atoms with E-state index in [1.165, 1.54) is 12.5 Å². The summed E-state index contributed by atoms with van der Waals surface area (Å²) in [6.45, 7) is 5.34. The molecule has 0 aliphatic carbocycles. The van der Waals surface area contributed by atoms with Crippen LogP contribution in [0.25, 0.3) is 0 Å². The van der Waals surface area contributed by atoms with Gasteiger partial charge in [0.05, 0.1) is 21.3 Å².